The SMILES string of the molecule is COc1cccnc1C(=O)N(C1CCCCC1)C(C)(C)C. The molecule has 1 saturated carbocycles. The number of carbonyl (C=O) groups excluding carboxylic acids is 1. The maximum Gasteiger partial charge on any atom is 0.276 e. The molecular formula is C17H26N2O2. The van der Waals surface area contributed by atoms with E-state index in [0.29, 0.717) is 17.5 Å². The van der Waals surface area contributed by atoms with Crippen LogP contribution >= 0.6 is 0 Å². The van der Waals surface area contributed by atoms with E-state index in [1.807, 2.05) is 4.90 Å². The molecule has 0 radical (unpaired) electrons. The van der Waals surface area contributed by atoms with Gasteiger partial charge < -0.3 is 9.64 Å². The van der Waals surface area contributed by atoms with E-state index in [4.69, 9.17) is 4.74 Å². The Balaban J connectivity index is 2.34. The standard InChI is InChI=1S/C17H26N2O2/c1-17(2,3)19(13-9-6-5-7-10-13)16(20)15-14(21-4)11-8-12-18-15/h8,11-13H,5-7,9-10H2,1-4H3. The zero-order valence-corrected chi connectivity index (χ0v) is 13.6. The minimum Gasteiger partial charge on any atom is -0.494 e. The van der Waals surface area contributed by atoms with Gasteiger partial charge in [0.15, 0.2) is 5.69 Å². The maximum absolute atomic E-state index is 13.1. The molecule has 1 aromatic heterocycles. The second kappa shape index (κ2) is 6.46. The third-order valence-electron chi connectivity index (χ3n) is 4.07. The van der Waals surface area contributed by atoms with Crippen LogP contribution < -0.4 is 4.74 Å². The van der Waals surface area contributed by atoms with Crippen LogP contribution in [-0.4, -0.2) is 34.5 Å². The summed E-state index contributed by atoms with van der Waals surface area (Å²) in [6, 6.07) is 3.89. The van der Waals surface area contributed by atoms with Gasteiger partial charge in [0, 0.05) is 17.8 Å². The summed E-state index contributed by atoms with van der Waals surface area (Å²) in [5, 5.41) is 0. The topological polar surface area (TPSA) is 42.4 Å². The van der Waals surface area contributed by atoms with Crippen molar-refractivity contribution in [3.8, 4) is 5.75 Å². The minimum atomic E-state index is -0.221. The molecule has 0 saturated heterocycles. The molecule has 116 valence electrons. The number of ether oxygens (including phenoxy) is 1. The second-order valence-corrected chi connectivity index (χ2v) is 6.69. The van der Waals surface area contributed by atoms with Gasteiger partial charge >= 0.3 is 0 Å². The average Bonchev–Trinajstić information content (AvgIpc) is 2.47. The molecule has 1 aliphatic carbocycles. The van der Waals surface area contributed by atoms with Crippen LogP contribution in [-0.2, 0) is 0 Å². The smallest absolute Gasteiger partial charge is 0.276 e. The number of amides is 1. The van der Waals surface area contributed by atoms with Crippen molar-refractivity contribution in [3.63, 3.8) is 0 Å². The second-order valence-electron chi connectivity index (χ2n) is 6.69. The van der Waals surface area contributed by atoms with Gasteiger partial charge in [-0.15, -0.1) is 0 Å². The van der Waals surface area contributed by atoms with Crippen molar-refractivity contribution in [1.82, 2.24) is 9.88 Å². The minimum absolute atomic E-state index is 0.0214. The van der Waals surface area contributed by atoms with Gasteiger partial charge in [-0.3, -0.25) is 4.79 Å². The van der Waals surface area contributed by atoms with Crippen molar-refractivity contribution < 1.29 is 9.53 Å². The number of nitrogens with zero attached hydrogens (tertiary/aromatic N) is 2. The normalized spacial score (nSPS) is 16.6. The summed E-state index contributed by atoms with van der Waals surface area (Å²) >= 11 is 0. The van der Waals surface area contributed by atoms with Crippen LogP contribution in [0.3, 0.4) is 0 Å². The predicted molar refractivity (Wildman–Crippen MR) is 83.6 cm³/mol. The lowest BCUT2D eigenvalue weighted by Gasteiger charge is -2.43. The Morgan fingerprint density at radius 2 is 1.95 bits per heavy atom. The molecule has 0 atom stereocenters. The molecule has 1 aromatic rings. The number of hydrogen-bond acceptors (Lipinski definition) is 3. The summed E-state index contributed by atoms with van der Waals surface area (Å²) in [5.74, 6) is 0.527. The lowest BCUT2D eigenvalue weighted by atomic mass is 9.90. The first-order chi connectivity index (χ1) is 9.95. The third-order valence-corrected chi connectivity index (χ3v) is 4.07. The Morgan fingerprint density at radius 1 is 1.29 bits per heavy atom. The Labute approximate surface area is 127 Å². The number of methoxy groups -OCH3 is 1. The Bertz CT molecular complexity index is 488. The van der Waals surface area contributed by atoms with E-state index in [1.165, 1.54) is 19.3 Å². The van der Waals surface area contributed by atoms with Crippen molar-refractivity contribution in [2.45, 2.75) is 64.5 Å². The van der Waals surface area contributed by atoms with E-state index >= 15 is 0 Å². The van der Waals surface area contributed by atoms with Crippen LogP contribution in [0.4, 0.5) is 0 Å². The number of carbonyl (C=O) groups is 1. The van der Waals surface area contributed by atoms with Crippen LogP contribution in [0.1, 0.15) is 63.4 Å². The summed E-state index contributed by atoms with van der Waals surface area (Å²) in [4.78, 5) is 19.3. The molecule has 1 heterocycles. The Kier molecular flexibility index (Phi) is 4.86. The highest BCUT2D eigenvalue weighted by molar-refractivity contribution is 5.95. The molecule has 1 fully saturated rings. The Hall–Kier alpha value is -1.58. The first-order valence-electron chi connectivity index (χ1n) is 7.78. The highest BCUT2D eigenvalue weighted by Gasteiger charge is 2.36. The van der Waals surface area contributed by atoms with Gasteiger partial charge in [0.05, 0.1) is 7.11 Å². The molecule has 0 N–H and O–H groups in total. The molecule has 1 aliphatic rings. The summed E-state index contributed by atoms with van der Waals surface area (Å²) < 4.78 is 5.31. The zero-order valence-electron chi connectivity index (χ0n) is 13.6. The maximum atomic E-state index is 13.1. The van der Waals surface area contributed by atoms with Gasteiger partial charge in [-0.1, -0.05) is 19.3 Å². The summed E-state index contributed by atoms with van der Waals surface area (Å²) in [6.07, 6.45) is 7.48. The predicted octanol–water partition coefficient (Wildman–Crippen LogP) is 3.66. The van der Waals surface area contributed by atoms with E-state index in [9.17, 15) is 4.79 Å². The van der Waals surface area contributed by atoms with E-state index in [2.05, 4.69) is 25.8 Å². The van der Waals surface area contributed by atoms with Gasteiger partial charge in [0.25, 0.3) is 5.91 Å². The molecule has 2 rings (SSSR count). The highest BCUT2D eigenvalue weighted by Crippen LogP contribution is 2.31. The van der Waals surface area contributed by atoms with Gasteiger partial charge in [-0.25, -0.2) is 4.98 Å². The number of hydrogen-bond donors (Lipinski definition) is 0. The summed E-state index contributed by atoms with van der Waals surface area (Å²) in [6.45, 7) is 6.28. The van der Waals surface area contributed by atoms with Gasteiger partial charge in [-0.2, -0.15) is 0 Å². The quantitative estimate of drug-likeness (QED) is 0.853. The number of rotatable bonds is 3. The highest BCUT2D eigenvalue weighted by atomic mass is 16.5. The zero-order chi connectivity index (χ0) is 15.5. The van der Waals surface area contributed by atoms with Crippen LogP contribution in [0, 0.1) is 0 Å². The average molecular weight is 290 g/mol. The molecule has 1 amide bonds. The van der Waals surface area contributed by atoms with Crippen molar-refractivity contribution in [2.75, 3.05) is 7.11 Å². The lowest BCUT2D eigenvalue weighted by Crippen LogP contribution is -2.52. The fraction of sp³-hybridized carbons (Fsp3) is 0.647. The van der Waals surface area contributed by atoms with Crippen molar-refractivity contribution in [1.29, 1.82) is 0 Å². The van der Waals surface area contributed by atoms with Crippen molar-refractivity contribution in [2.24, 2.45) is 0 Å². The molecule has 0 spiro atoms. The molecule has 4 nitrogen and oxygen atoms in total. The first-order valence-corrected chi connectivity index (χ1v) is 7.78. The van der Waals surface area contributed by atoms with E-state index < -0.39 is 0 Å². The number of pyridine rings is 1. The first kappa shape index (κ1) is 15.8. The summed E-state index contributed by atoms with van der Waals surface area (Å²) in [7, 11) is 1.58. The molecule has 0 aliphatic heterocycles. The summed E-state index contributed by atoms with van der Waals surface area (Å²) in [5.41, 5.74) is 0.197. The van der Waals surface area contributed by atoms with Crippen LogP contribution in [0.2, 0.25) is 0 Å². The van der Waals surface area contributed by atoms with Crippen LogP contribution in [0.5, 0.6) is 5.75 Å². The molecule has 0 bridgehead atoms. The van der Waals surface area contributed by atoms with Gasteiger partial charge in [0.1, 0.15) is 5.75 Å². The third kappa shape index (κ3) is 3.55. The molecule has 21 heavy (non-hydrogen) atoms. The fourth-order valence-corrected chi connectivity index (χ4v) is 3.19. The molecule has 0 unspecified atom stereocenters. The molecular weight excluding hydrogens is 264 g/mol. The largest absolute Gasteiger partial charge is 0.494 e. The van der Waals surface area contributed by atoms with Crippen molar-refractivity contribution >= 4 is 5.91 Å². The monoisotopic (exact) mass is 290 g/mol. The van der Waals surface area contributed by atoms with E-state index in [-0.39, 0.29) is 11.4 Å². The van der Waals surface area contributed by atoms with Crippen LogP contribution in [0.15, 0.2) is 18.3 Å². The molecule has 4 heteroatoms. The van der Waals surface area contributed by atoms with Gasteiger partial charge in [-0.05, 0) is 45.7 Å². The fourth-order valence-electron chi connectivity index (χ4n) is 3.19. The van der Waals surface area contributed by atoms with E-state index in [1.54, 1.807) is 25.4 Å². The van der Waals surface area contributed by atoms with Gasteiger partial charge in [0.2, 0.25) is 0 Å². The molecule has 0 aromatic carbocycles. The van der Waals surface area contributed by atoms with E-state index in [0.717, 1.165) is 12.8 Å². The number of aromatic nitrogens is 1. The Morgan fingerprint density at radius 3 is 2.52 bits per heavy atom. The van der Waals surface area contributed by atoms with Crippen molar-refractivity contribution in [3.05, 3.63) is 24.0 Å². The van der Waals surface area contributed by atoms with Crippen LogP contribution in [0.25, 0.3) is 0 Å². The lowest BCUT2D eigenvalue weighted by molar-refractivity contribution is 0.0357.